The maximum absolute atomic E-state index is 12.1. The minimum atomic E-state index is -0.239. The molecule has 2 rings (SSSR count). The number of amides is 1. The van der Waals surface area contributed by atoms with E-state index in [4.69, 9.17) is 14.2 Å². The van der Waals surface area contributed by atoms with E-state index in [1.807, 2.05) is 24.3 Å². The van der Waals surface area contributed by atoms with Gasteiger partial charge in [0.15, 0.2) is 6.61 Å². The van der Waals surface area contributed by atoms with Gasteiger partial charge in [-0.3, -0.25) is 4.79 Å². The lowest BCUT2D eigenvalue weighted by Gasteiger charge is -2.12. The third kappa shape index (κ3) is 5.50. The Labute approximate surface area is 142 Å². The van der Waals surface area contributed by atoms with Crippen molar-refractivity contribution in [3.05, 3.63) is 48.5 Å². The van der Waals surface area contributed by atoms with Crippen LogP contribution in [0.3, 0.4) is 0 Å². The lowest BCUT2D eigenvalue weighted by atomic mass is 10.3. The van der Waals surface area contributed by atoms with Crippen molar-refractivity contribution >= 4 is 11.6 Å². The first-order valence-electron chi connectivity index (χ1n) is 8.01. The lowest BCUT2D eigenvalue weighted by Crippen LogP contribution is -2.20. The predicted molar refractivity (Wildman–Crippen MR) is 94.0 cm³/mol. The van der Waals surface area contributed by atoms with Crippen LogP contribution in [0.25, 0.3) is 0 Å². The Morgan fingerprint density at radius 1 is 1.00 bits per heavy atom. The zero-order valence-corrected chi connectivity index (χ0v) is 14.1. The normalized spacial score (nSPS) is 10.1. The average molecular weight is 329 g/mol. The van der Waals surface area contributed by atoms with Gasteiger partial charge in [-0.2, -0.15) is 0 Å². The summed E-state index contributed by atoms with van der Waals surface area (Å²) < 4.78 is 16.2. The number of nitrogens with one attached hydrogen (secondary N) is 1. The van der Waals surface area contributed by atoms with Crippen molar-refractivity contribution in [3.8, 4) is 17.2 Å². The number of anilines is 1. The number of carbonyl (C=O) groups is 1. The molecule has 0 atom stereocenters. The molecule has 5 nitrogen and oxygen atoms in total. The highest BCUT2D eigenvalue weighted by Crippen LogP contribution is 2.24. The summed E-state index contributed by atoms with van der Waals surface area (Å²) >= 11 is 0. The number of hydrogen-bond acceptors (Lipinski definition) is 4. The van der Waals surface area contributed by atoms with Crippen molar-refractivity contribution in [2.45, 2.75) is 19.8 Å². The third-order valence-corrected chi connectivity index (χ3v) is 3.35. The summed E-state index contributed by atoms with van der Waals surface area (Å²) in [6.07, 6.45) is 2.03. The fourth-order valence-corrected chi connectivity index (χ4v) is 2.03. The van der Waals surface area contributed by atoms with Gasteiger partial charge in [0.1, 0.15) is 17.2 Å². The first kappa shape index (κ1) is 17.7. The molecule has 0 aliphatic heterocycles. The molecule has 2 aromatic carbocycles. The zero-order chi connectivity index (χ0) is 17.2. The van der Waals surface area contributed by atoms with Crippen LogP contribution in [0, 0.1) is 0 Å². The number of unbranched alkanes of at least 4 members (excludes halogenated alkanes) is 1. The van der Waals surface area contributed by atoms with Gasteiger partial charge in [0, 0.05) is 0 Å². The molecule has 128 valence electrons. The van der Waals surface area contributed by atoms with Crippen LogP contribution in [-0.2, 0) is 4.79 Å². The molecule has 1 amide bonds. The first-order chi connectivity index (χ1) is 11.7. The molecule has 24 heavy (non-hydrogen) atoms. The highest BCUT2D eigenvalue weighted by Gasteiger charge is 2.08. The van der Waals surface area contributed by atoms with Gasteiger partial charge in [-0.25, -0.2) is 0 Å². The maximum Gasteiger partial charge on any atom is 0.262 e. The van der Waals surface area contributed by atoms with Gasteiger partial charge in [0.25, 0.3) is 5.91 Å². The number of carbonyl (C=O) groups excluding carboxylic acids is 1. The number of ether oxygens (including phenoxy) is 3. The smallest absolute Gasteiger partial charge is 0.262 e. The zero-order valence-electron chi connectivity index (χ0n) is 14.1. The summed E-state index contributed by atoms with van der Waals surface area (Å²) in [5.74, 6) is 1.78. The predicted octanol–water partition coefficient (Wildman–Crippen LogP) is 3.89. The van der Waals surface area contributed by atoms with Crippen LogP contribution in [0.2, 0.25) is 0 Å². The van der Waals surface area contributed by atoms with Crippen molar-refractivity contribution < 1.29 is 19.0 Å². The maximum atomic E-state index is 12.1. The van der Waals surface area contributed by atoms with Crippen molar-refractivity contribution in [1.29, 1.82) is 0 Å². The largest absolute Gasteiger partial charge is 0.497 e. The summed E-state index contributed by atoms with van der Waals surface area (Å²) in [5.41, 5.74) is 0.650. The number of benzene rings is 2. The van der Waals surface area contributed by atoms with Crippen molar-refractivity contribution in [3.63, 3.8) is 0 Å². The molecule has 0 saturated carbocycles. The van der Waals surface area contributed by atoms with E-state index in [-0.39, 0.29) is 12.5 Å². The van der Waals surface area contributed by atoms with Crippen LogP contribution >= 0.6 is 0 Å². The van der Waals surface area contributed by atoms with Gasteiger partial charge in [-0.05, 0) is 42.8 Å². The second kappa shape index (κ2) is 9.45. The van der Waals surface area contributed by atoms with Gasteiger partial charge in [0.2, 0.25) is 0 Å². The highest BCUT2D eigenvalue weighted by molar-refractivity contribution is 5.93. The molecule has 0 bridgehead atoms. The molecule has 0 aliphatic carbocycles. The summed E-state index contributed by atoms with van der Waals surface area (Å²) in [5, 5.41) is 2.82. The molecule has 2 aromatic rings. The molecular weight excluding hydrogens is 306 g/mol. The van der Waals surface area contributed by atoms with Crippen molar-refractivity contribution in [2.75, 3.05) is 25.6 Å². The number of rotatable bonds is 9. The monoisotopic (exact) mass is 329 g/mol. The Morgan fingerprint density at radius 3 is 2.42 bits per heavy atom. The Hall–Kier alpha value is -2.69. The topological polar surface area (TPSA) is 56.8 Å². The van der Waals surface area contributed by atoms with E-state index in [2.05, 4.69) is 12.2 Å². The van der Waals surface area contributed by atoms with E-state index in [1.165, 1.54) is 0 Å². The van der Waals surface area contributed by atoms with Crippen LogP contribution in [0.1, 0.15) is 19.8 Å². The molecule has 0 aliphatic rings. The molecular formula is C19H23NO4. The molecule has 0 radical (unpaired) electrons. The summed E-state index contributed by atoms with van der Waals surface area (Å²) in [4.78, 5) is 12.1. The summed E-state index contributed by atoms with van der Waals surface area (Å²) in [6, 6.07) is 14.5. The first-order valence-corrected chi connectivity index (χ1v) is 8.01. The molecule has 0 saturated heterocycles. The van der Waals surface area contributed by atoms with Crippen molar-refractivity contribution in [1.82, 2.24) is 0 Å². The fourth-order valence-electron chi connectivity index (χ4n) is 2.03. The molecule has 0 heterocycles. The van der Waals surface area contributed by atoms with Gasteiger partial charge in [0.05, 0.1) is 19.4 Å². The minimum absolute atomic E-state index is 0.0738. The molecule has 0 unspecified atom stereocenters. The number of hydrogen-bond donors (Lipinski definition) is 1. The van der Waals surface area contributed by atoms with Crippen LogP contribution in [-0.4, -0.2) is 26.2 Å². The SMILES string of the molecule is CCCCOc1ccccc1NC(=O)COc1ccc(OC)cc1. The van der Waals surface area contributed by atoms with Gasteiger partial charge in [-0.1, -0.05) is 25.5 Å². The van der Waals surface area contributed by atoms with E-state index in [1.54, 1.807) is 31.4 Å². The quantitative estimate of drug-likeness (QED) is 0.709. The van der Waals surface area contributed by atoms with E-state index in [0.717, 1.165) is 18.6 Å². The van der Waals surface area contributed by atoms with Gasteiger partial charge in [-0.15, -0.1) is 0 Å². The molecule has 0 aromatic heterocycles. The minimum Gasteiger partial charge on any atom is -0.497 e. The molecule has 1 N–H and O–H groups in total. The van der Waals surface area contributed by atoms with E-state index < -0.39 is 0 Å². The molecule has 0 spiro atoms. The van der Waals surface area contributed by atoms with Crippen LogP contribution in [0.5, 0.6) is 17.2 Å². The second-order valence-corrected chi connectivity index (χ2v) is 5.21. The van der Waals surface area contributed by atoms with Crippen LogP contribution in [0.4, 0.5) is 5.69 Å². The van der Waals surface area contributed by atoms with Gasteiger partial charge < -0.3 is 19.5 Å². The highest BCUT2D eigenvalue weighted by atomic mass is 16.5. The van der Waals surface area contributed by atoms with E-state index in [9.17, 15) is 4.79 Å². The number of para-hydroxylation sites is 2. The number of methoxy groups -OCH3 is 1. The standard InChI is InChI=1S/C19H23NO4/c1-3-4-13-23-18-8-6-5-7-17(18)20-19(21)14-24-16-11-9-15(22-2)10-12-16/h5-12H,3-4,13-14H2,1-2H3,(H,20,21). The van der Waals surface area contributed by atoms with E-state index in [0.29, 0.717) is 23.8 Å². The summed E-state index contributed by atoms with van der Waals surface area (Å²) in [6.45, 7) is 2.66. The van der Waals surface area contributed by atoms with Crippen LogP contribution < -0.4 is 19.5 Å². The fraction of sp³-hybridized carbons (Fsp3) is 0.316. The van der Waals surface area contributed by atoms with Crippen LogP contribution in [0.15, 0.2) is 48.5 Å². The molecule has 5 heteroatoms. The Kier molecular flexibility index (Phi) is 6.95. The lowest BCUT2D eigenvalue weighted by molar-refractivity contribution is -0.118. The van der Waals surface area contributed by atoms with E-state index >= 15 is 0 Å². The Morgan fingerprint density at radius 2 is 1.71 bits per heavy atom. The van der Waals surface area contributed by atoms with Gasteiger partial charge >= 0.3 is 0 Å². The molecule has 0 fully saturated rings. The van der Waals surface area contributed by atoms with Crippen molar-refractivity contribution in [2.24, 2.45) is 0 Å². The Balaban J connectivity index is 1.87. The Bertz CT molecular complexity index is 640. The second-order valence-electron chi connectivity index (χ2n) is 5.21. The summed E-state index contributed by atoms with van der Waals surface area (Å²) in [7, 11) is 1.60. The average Bonchev–Trinajstić information content (AvgIpc) is 2.62. The third-order valence-electron chi connectivity index (χ3n) is 3.35.